The summed E-state index contributed by atoms with van der Waals surface area (Å²) in [6, 6.07) is 103. The van der Waals surface area contributed by atoms with Crippen LogP contribution in [0.2, 0.25) is 0 Å². The minimum atomic E-state index is 1.06. The molecule has 0 N–H and O–H groups in total. The van der Waals surface area contributed by atoms with Gasteiger partial charge in [-0.3, -0.25) is 0 Å². The van der Waals surface area contributed by atoms with Gasteiger partial charge in [0, 0.05) is 53.9 Å². The number of hydrogen-bond acceptors (Lipinski definition) is 3. The number of benzene rings is 12. The van der Waals surface area contributed by atoms with Crippen LogP contribution in [0.15, 0.2) is 279 Å². The van der Waals surface area contributed by atoms with E-state index in [4.69, 9.17) is 0 Å². The van der Waals surface area contributed by atoms with Crippen LogP contribution in [0.4, 0.5) is 34.1 Å². The molecule has 0 unspecified atom stereocenters. The van der Waals surface area contributed by atoms with E-state index in [1.54, 1.807) is 0 Å². The van der Waals surface area contributed by atoms with Crippen molar-refractivity contribution in [2.75, 3.05) is 9.80 Å². The smallest absolute Gasteiger partial charge is 0.0542 e. The van der Waals surface area contributed by atoms with Crippen molar-refractivity contribution in [1.29, 1.82) is 0 Å². The summed E-state index contributed by atoms with van der Waals surface area (Å²) >= 11 is 1.88. The zero-order valence-corrected chi connectivity index (χ0v) is 41.7. The molecule has 13 aromatic carbocycles. The van der Waals surface area contributed by atoms with Crippen LogP contribution < -0.4 is 9.80 Å². The van der Waals surface area contributed by atoms with Gasteiger partial charge in [-0.1, -0.05) is 206 Å². The minimum absolute atomic E-state index is 1.06. The molecule has 0 saturated heterocycles. The van der Waals surface area contributed by atoms with Gasteiger partial charge in [-0.15, -0.1) is 11.3 Å². The van der Waals surface area contributed by atoms with Crippen molar-refractivity contribution in [3.63, 3.8) is 0 Å². The molecule has 1 aromatic heterocycles. The summed E-state index contributed by atoms with van der Waals surface area (Å²) in [7, 11) is 0. The lowest BCUT2D eigenvalue weighted by atomic mass is 9.93. The molecule has 0 radical (unpaired) electrons. The van der Waals surface area contributed by atoms with Gasteiger partial charge < -0.3 is 9.80 Å². The maximum absolute atomic E-state index is 2.50. The van der Waals surface area contributed by atoms with Crippen LogP contribution in [-0.2, 0) is 0 Å². The van der Waals surface area contributed by atoms with Crippen LogP contribution in [0.3, 0.4) is 0 Å². The summed E-state index contributed by atoms with van der Waals surface area (Å²) in [5.41, 5.74) is 13.7. The highest BCUT2D eigenvalue weighted by Crippen LogP contribution is 2.53. The van der Waals surface area contributed by atoms with Crippen LogP contribution in [0.5, 0.6) is 0 Å². The molecule has 3 heteroatoms. The van der Waals surface area contributed by atoms with E-state index >= 15 is 0 Å². The van der Waals surface area contributed by atoms with Crippen LogP contribution in [0, 0.1) is 0 Å². The Morgan fingerprint density at radius 2 is 0.707 bits per heavy atom. The monoisotopic (exact) mass is 970 g/mol. The lowest BCUT2D eigenvalue weighted by Gasteiger charge is -2.31. The highest BCUT2D eigenvalue weighted by atomic mass is 32.1. The normalized spacial score (nSPS) is 12.0. The topological polar surface area (TPSA) is 6.48 Å². The van der Waals surface area contributed by atoms with Gasteiger partial charge in [-0.25, -0.2) is 0 Å². The molecular weight excluding hydrogens is 925 g/mol. The predicted molar refractivity (Wildman–Crippen MR) is 324 cm³/mol. The Bertz CT molecular complexity index is 4670. The first kappa shape index (κ1) is 43.1. The first-order valence-electron chi connectivity index (χ1n) is 25.7. The zero-order chi connectivity index (χ0) is 49.4. The minimum Gasteiger partial charge on any atom is -0.310 e. The van der Waals surface area contributed by atoms with Gasteiger partial charge in [-0.05, 0) is 143 Å². The molecule has 0 amide bonds. The van der Waals surface area contributed by atoms with E-state index < -0.39 is 0 Å². The van der Waals surface area contributed by atoms with E-state index in [1.807, 2.05) is 11.3 Å². The molecule has 14 aromatic rings. The van der Waals surface area contributed by atoms with Gasteiger partial charge >= 0.3 is 0 Å². The van der Waals surface area contributed by atoms with Crippen molar-refractivity contribution in [2.45, 2.75) is 0 Å². The average molecular weight is 971 g/mol. The van der Waals surface area contributed by atoms with Crippen molar-refractivity contribution in [2.24, 2.45) is 0 Å². The number of thiophene rings is 1. The van der Waals surface area contributed by atoms with E-state index in [0.717, 1.165) is 50.8 Å². The van der Waals surface area contributed by atoms with Crippen LogP contribution in [0.25, 0.3) is 107 Å². The van der Waals surface area contributed by atoms with E-state index in [2.05, 4.69) is 289 Å². The number of anilines is 6. The average Bonchev–Trinajstić information content (AvgIpc) is 3.84. The third kappa shape index (κ3) is 7.01. The number of para-hydroxylation sites is 3. The van der Waals surface area contributed by atoms with E-state index in [9.17, 15) is 0 Å². The van der Waals surface area contributed by atoms with Crippen molar-refractivity contribution >= 4 is 119 Å². The van der Waals surface area contributed by atoms with Crippen LogP contribution >= 0.6 is 11.3 Å². The Morgan fingerprint density at radius 3 is 1.39 bits per heavy atom. The fraction of sp³-hybridized carbons (Fsp3) is 0. The molecule has 1 aliphatic heterocycles. The SMILES string of the molecule is c1ccc(-c2ccccc2N(c2ccc3c(c2)-c2ccccc2-c2ccccc2N3c2ccccc2)c2ccc3c(c2)c2ccccc2c2ccccc2c2ccccc2c2cc4sc5ccccc5c4cc32)cc1. The molecular formula is C72H46N2S. The molecule has 0 atom stereocenters. The maximum atomic E-state index is 2.50. The summed E-state index contributed by atoms with van der Waals surface area (Å²) in [5, 5.41) is 14.6. The molecule has 0 saturated carbocycles. The van der Waals surface area contributed by atoms with E-state index in [1.165, 1.54) is 90.7 Å². The number of hydrogen-bond donors (Lipinski definition) is 0. The van der Waals surface area contributed by atoms with E-state index in [0.29, 0.717) is 0 Å². The molecule has 15 rings (SSSR count). The largest absolute Gasteiger partial charge is 0.310 e. The predicted octanol–water partition coefficient (Wildman–Crippen LogP) is 21.2. The third-order valence-corrected chi connectivity index (χ3v) is 16.5. The fourth-order valence-electron chi connectivity index (χ4n) is 12.1. The van der Waals surface area contributed by atoms with Gasteiger partial charge in [0.15, 0.2) is 0 Å². The second-order valence-corrected chi connectivity index (χ2v) is 20.6. The molecule has 0 aliphatic carbocycles. The first-order chi connectivity index (χ1) is 37.2. The van der Waals surface area contributed by atoms with Crippen molar-refractivity contribution < 1.29 is 0 Å². The van der Waals surface area contributed by atoms with Gasteiger partial charge in [-0.2, -0.15) is 0 Å². The molecule has 350 valence electrons. The van der Waals surface area contributed by atoms with E-state index in [-0.39, 0.29) is 0 Å². The summed E-state index contributed by atoms with van der Waals surface area (Å²) in [6.45, 7) is 0. The van der Waals surface area contributed by atoms with Crippen LogP contribution in [0.1, 0.15) is 0 Å². The summed E-state index contributed by atoms with van der Waals surface area (Å²) in [5.74, 6) is 0. The molecule has 0 spiro atoms. The summed E-state index contributed by atoms with van der Waals surface area (Å²) in [4.78, 5) is 4.93. The Labute approximate surface area is 439 Å². The van der Waals surface area contributed by atoms with Gasteiger partial charge in [0.2, 0.25) is 0 Å². The lowest BCUT2D eigenvalue weighted by molar-refractivity contribution is 1.27. The van der Waals surface area contributed by atoms with Crippen molar-refractivity contribution in [3.05, 3.63) is 279 Å². The highest BCUT2D eigenvalue weighted by Gasteiger charge is 2.28. The molecule has 2 heterocycles. The summed E-state index contributed by atoms with van der Waals surface area (Å²) < 4.78 is 2.59. The quantitative estimate of drug-likeness (QED) is 0.170. The number of nitrogens with zero attached hydrogens (tertiary/aromatic N) is 2. The standard InChI is InChI=1S/C72H46N2S/c1-3-21-47(22-4-1)51-25-15-18-36-68(51)73(50-40-42-70-66(44-50)59-33-14-11-30-56(59)61-34-16-19-37-69(61)74(70)48-23-5-2-6-24-48)49-39-41-60-63(43-49)57-31-12-9-28-54(57)52-26-7-8-27-53(52)55-29-10-13-32-58(55)65-46-72-67(45-64(60)65)62-35-17-20-38-71(62)75-72/h1-46H. The highest BCUT2D eigenvalue weighted by molar-refractivity contribution is 7.25. The molecule has 75 heavy (non-hydrogen) atoms. The third-order valence-electron chi connectivity index (χ3n) is 15.4. The Morgan fingerprint density at radius 1 is 0.253 bits per heavy atom. The van der Waals surface area contributed by atoms with Crippen molar-refractivity contribution in [3.8, 4) is 33.4 Å². The molecule has 0 bridgehead atoms. The Balaban J connectivity index is 1.09. The van der Waals surface area contributed by atoms with Gasteiger partial charge in [0.1, 0.15) is 0 Å². The molecule has 0 fully saturated rings. The molecule has 1 aliphatic rings. The number of rotatable bonds is 5. The molecule has 2 nitrogen and oxygen atoms in total. The maximum Gasteiger partial charge on any atom is 0.0542 e. The number of fused-ring (bicyclic) bond motifs is 18. The second-order valence-electron chi connectivity index (χ2n) is 19.5. The second kappa shape index (κ2) is 17.6. The first-order valence-corrected chi connectivity index (χ1v) is 26.6. The Hall–Kier alpha value is -9.54. The Kier molecular flexibility index (Phi) is 10.1. The summed E-state index contributed by atoms with van der Waals surface area (Å²) in [6.07, 6.45) is 0. The fourth-order valence-corrected chi connectivity index (χ4v) is 13.2. The zero-order valence-electron chi connectivity index (χ0n) is 40.9. The van der Waals surface area contributed by atoms with Crippen molar-refractivity contribution in [1.82, 2.24) is 0 Å². The lowest BCUT2D eigenvalue weighted by Crippen LogP contribution is -2.13. The van der Waals surface area contributed by atoms with Crippen LogP contribution in [-0.4, -0.2) is 0 Å². The van der Waals surface area contributed by atoms with Gasteiger partial charge in [0.05, 0.1) is 17.1 Å². The van der Waals surface area contributed by atoms with Gasteiger partial charge in [0.25, 0.3) is 0 Å².